The van der Waals surface area contributed by atoms with Crippen molar-refractivity contribution in [2.45, 2.75) is 6.92 Å². The number of hydrogen-bond acceptors (Lipinski definition) is 5. The zero-order chi connectivity index (χ0) is 14.1. The maximum absolute atomic E-state index is 4.61. The van der Waals surface area contributed by atoms with Crippen molar-refractivity contribution in [3.05, 3.63) is 42.2 Å². The van der Waals surface area contributed by atoms with Gasteiger partial charge in [-0.2, -0.15) is 14.5 Å². The second kappa shape index (κ2) is 5.05. The van der Waals surface area contributed by atoms with Gasteiger partial charge in [0.15, 0.2) is 5.82 Å². The van der Waals surface area contributed by atoms with Gasteiger partial charge in [0.25, 0.3) is 0 Å². The molecule has 0 radical (unpaired) electrons. The Kier molecular flexibility index (Phi) is 3.23. The van der Waals surface area contributed by atoms with Crippen LogP contribution in [0.15, 0.2) is 36.5 Å². The first-order valence-electron chi connectivity index (χ1n) is 6.28. The average Bonchev–Trinajstić information content (AvgIpc) is 3.08. The fourth-order valence-electron chi connectivity index (χ4n) is 1.94. The van der Waals surface area contributed by atoms with Gasteiger partial charge in [-0.05, 0) is 19.1 Å². The molecule has 0 atom stereocenters. The monoisotopic (exact) mass is 285 g/mol. The summed E-state index contributed by atoms with van der Waals surface area (Å²) in [4.78, 5) is 6.65. The molecule has 6 heteroatoms. The second-order valence-electron chi connectivity index (χ2n) is 4.56. The van der Waals surface area contributed by atoms with Gasteiger partial charge in [-0.1, -0.05) is 18.2 Å². The zero-order valence-corrected chi connectivity index (χ0v) is 12.4. The number of nitrogens with zero attached hydrogens (tertiary/aromatic N) is 5. The molecule has 1 aromatic carbocycles. The molecule has 5 nitrogen and oxygen atoms in total. The first kappa shape index (κ1) is 12.8. The third-order valence-corrected chi connectivity index (χ3v) is 4.11. The summed E-state index contributed by atoms with van der Waals surface area (Å²) in [6.07, 6.45) is 1.81. The molecule has 0 amide bonds. The lowest BCUT2D eigenvalue weighted by Gasteiger charge is -2.14. The molecular weight excluding hydrogens is 270 g/mol. The molecule has 0 spiro atoms. The number of aromatic nitrogens is 4. The lowest BCUT2D eigenvalue weighted by molar-refractivity contribution is 0.740. The number of anilines is 2. The van der Waals surface area contributed by atoms with E-state index in [9.17, 15) is 0 Å². The average molecular weight is 285 g/mol. The Hall–Kier alpha value is -2.21. The van der Waals surface area contributed by atoms with E-state index in [1.807, 2.05) is 55.0 Å². The summed E-state index contributed by atoms with van der Waals surface area (Å²) in [6, 6.07) is 10.1. The van der Waals surface area contributed by atoms with Crippen LogP contribution in [0.3, 0.4) is 0 Å². The first-order chi connectivity index (χ1) is 9.66. The van der Waals surface area contributed by atoms with E-state index >= 15 is 0 Å². The van der Waals surface area contributed by atoms with Crippen molar-refractivity contribution in [3.8, 4) is 11.4 Å². The summed E-state index contributed by atoms with van der Waals surface area (Å²) in [6.45, 7) is 2.02. The van der Waals surface area contributed by atoms with Crippen LogP contribution < -0.4 is 4.90 Å². The molecule has 20 heavy (non-hydrogen) atoms. The Balaban J connectivity index is 1.93. The van der Waals surface area contributed by atoms with Crippen molar-refractivity contribution in [2.24, 2.45) is 7.05 Å². The smallest absolute Gasteiger partial charge is 0.209 e. The molecule has 0 aliphatic carbocycles. The van der Waals surface area contributed by atoms with Crippen LogP contribution in [0.1, 0.15) is 5.69 Å². The topological polar surface area (TPSA) is 46.8 Å². The van der Waals surface area contributed by atoms with Gasteiger partial charge in [-0.15, -0.1) is 0 Å². The highest BCUT2D eigenvalue weighted by Gasteiger charge is 2.15. The van der Waals surface area contributed by atoms with E-state index in [-0.39, 0.29) is 0 Å². The molecule has 0 fully saturated rings. The van der Waals surface area contributed by atoms with Crippen LogP contribution in [0, 0.1) is 6.92 Å². The van der Waals surface area contributed by atoms with Crippen LogP contribution in [-0.2, 0) is 7.05 Å². The van der Waals surface area contributed by atoms with E-state index in [4.69, 9.17) is 0 Å². The van der Waals surface area contributed by atoms with Gasteiger partial charge in [0.1, 0.15) is 0 Å². The fourth-order valence-corrected chi connectivity index (χ4v) is 2.60. The molecule has 0 N–H and O–H groups in total. The van der Waals surface area contributed by atoms with Gasteiger partial charge < -0.3 is 4.90 Å². The molecule has 3 rings (SSSR count). The highest BCUT2D eigenvalue weighted by atomic mass is 32.1. The van der Waals surface area contributed by atoms with Crippen molar-refractivity contribution in [1.29, 1.82) is 0 Å². The highest BCUT2D eigenvalue weighted by Crippen LogP contribution is 2.29. The minimum Gasteiger partial charge on any atom is -0.320 e. The zero-order valence-electron chi connectivity index (χ0n) is 11.6. The normalized spacial score (nSPS) is 10.8. The lowest BCUT2D eigenvalue weighted by Crippen LogP contribution is -2.08. The standard InChI is InChI=1S/C14H15N5S/c1-10-12(9-15-19(10)3)13-16-14(20-17-13)18(2)11-7-5-4-6-8-11/h4-9H,1-3H3. The predicted molar refractivity (Wildman–Crippen MR) is 81.4 cm³/mol. The van der Waals surface area contributed by atoms with Crippen molar-refractivity contribution in [1.82, 2.24) is 19.1 Å². The van der Waals surface area contributed by atoms with Gasteiger partial charge in [-0.25, -0.2) is 0 Å². The molecule has 2 aromatic heterocycles. The van der Waals surface area contributed by atoms with Gasteiger partial charge in [0.05, 0.1) is 11.8 Å². The minimum atomic E-state index is 0.735. The predicted octanol–water partition coefficient (Wildman–Crippen LogP) is 3.01. The molecule has 102 valence electrons. The quantitative estimate of drug-likeness (QED) is 0.742. The van der Waals surface area contributed by atoms with Crippen molar-refractivity contribution in [3.63, 3.8) is 0 Å². The maximum atomic E-state index is 4.61. The summed E-state index contributed by atoms with van der Waals surface area (Å²) >= 11 is 1.39. The van der Waals surface area contributed by atoms with Crippen LogP contribution in [0.25, 0.3) is 11.4 Å². The fraction of sp³-hybridized carbons (Fsp3) is 0.214. The third kappa shape index (κ3) is 2.18. The highest BCUT2D eigenvalue weighted by molar-refractivity contribution is 7.10. The number of para-hydroxylation sites is 1. The van der Waals surface area contributed by atoms with E-state index in [2.05, 4.69) is 26.6 Å². The Morgan fingerprint density at radius 1 is 1.20 bits per heavy atom. The first-order valence-corrected chi connectivity index (χ1v) is 7.05. The Morgan fingerprint density at radius 3 is 2.60 bits per heavy atom. The molecule has 0 bridgehead atoms. The second-order valence-corrected chi connectivity index (χ2v) is 5.29. The van der Waals surface area contributed by atoms with Crippen molar-refractivity contribution in [2.75, 3.05) is 11.9 Å². The van der Waals surface area contributed by atoms with Crippen molar-refractivity contribution >= 4 is 22.4 Å². The molecule has 0 saturated carbocycles. The minimum absolute atomic E-state index is 0.735. The Morgan fingerprint density at radius 2 is 1.95 bits per heavy atom. The summed E-state index contributed by atoms with van der Waals surface area (Å²) in [5.74, 6) is 0.735. The summed E-state index contributed by atoms with van der Waals surface area (Å²) in [5.41, 5.74) is 3.14. The summed E-state index contributed by atoms with van der Waals surface area (Å²) < 4.78 is 6.27. The SMILES string of the molecule is Cc1c(-c2nsc(N(C)c3ccccc3)n2)cnn1C. The Labute approximate surface area is 121 Å². The number of hydrogen-bond donors (Lipinski definition) is 0. The van der Waals surface area contributed by atoms with Crippen LogP contribution >= 0.6 is 11.5 Å². The third-order valence-electron chi connectivity index (χ3n) is 3.32. The van der Waals surface area contributed by atoms with E-state index in [0.29, 0.717) is 0 Å². The Bertz CT molecular complexity index is 716. The van der Waals surface area contributed by atoms with E-state index in [1.165, 1.54) is 11.5 Å². The molecule has 3 aromatic rings. The molecule has 0 saturated heterocycles. The lowest BCUT2D eigenvalue weighted by atomic mass is 10.2. The molecule has 0 unspecified atom stereocenters. The van der Waals surface area contributed by atoms with E-state index in [1.54, 1.807) is 0 Å². The van der Waals surface area contributed by atoms with Crippen molar-refractivity contribution < 1.29 is 0 Å². The van der Waals surface area contributed by atoms with Gasteiger partial charge in [-0.3, -0.25) is 4.68 Å². The largest absolute Gasteiger partial charge is 0.320 e. The number of benzene rings is 1. The molecule has 0 aliphatic rings. The summed E-state index contributed by atoms with van der Waals surface area (Å²) in [7, 11) is 3.91. The number of rotatable bonds is 3. The van der Waals surface area contributed by atoms with Crippen LogP contribution in [0.4, 0.5) is 10.8 Å². The van der Waals surface area contributed by atoms with E-state index < -0.39 is 0 Å². The molecule has 0 aliphatic heterocycles. The van der Waals surface area contributed by atoms with Gasteiger partial charge in [0.2, 0.25) is 5.13 Å². The molecular formula is C14H15N5S. The number of aryl methyl sites for hydroxylation is 1. The van der Waals surface area contributed by atoms with Crippen LogP contribution in [0.5, 0.6) is 0 Å². The van der Waals surface area contributed by atoms with Gasteiger partial charge >= 0.3 is 0 Å². The van der Waals surface area contributed by atoms with E-state index in [0.717, 1.165) is 27.9 Å². The molecule has 2 heterocycles. The van der Waals surface area contributed by atoms with Crippen LogP contribution in [0.2, 0.25) is 0 Å². The van der Waals surface area contributed by atoms with Crippen LogP contribution in [-0.4, -0.2) is 26.2 Å². The maximum Gasteiger partial charge on any atom is 0.209 e. The van der Waals surface area contributed by atoms with Gasteiger partial charge in [0, 0.05) is 37.0 Å². The summed E-state index contributed by atoms with van der Waals surface area (Å²) in [5, 5.41) is 5.10.